The number of nitrogens with one attached hydrogen (secondary N) is 2. The average Bonchev–Trinajstić information content (AvgIpc) is 2.66. The smallest absolute Gasteiger partial charge is 0.191 e. The van der Waals surface area contributed by atoms with Gasteiger partial charge in [-0.05, 0) is 43.9 Å². The first-order valence-corrected chi connectivity index (χ1v) is 9.97. The van der Waals surface area contributed by atoms with E-state index < -0.39 is 5.60 Å². The first-order valence-electron chi connectivity index (χ1n) is 9.97. The van der Waals surface area contributed by atoms with Crippen molar-refractivity contribution in [3.8, 4) is 11.5 Å². The molecule has 0 aliphatic rings. The van der Waals surface area contributed by atoms with Gasteiger partial charge in [-0.15, -0.1) is 0 Å². The molecule has 0 unspecified atom stereocenters. The topological polar surface area (TPSA) is 75.1 Å². The Bertz CT molecular complexity index is 570. The molecule has 0 saturated carbocycles. The van der Waals surface area contributed by atoms with Gasteiger partial charge in [-0.25, -0.2) is 0 Å². The summed E-state index contributed by atoms with van der Waals surface area (Å²) in [4.78, 5) is 4.61. The minimum absolute atomic E-state index is 0.417. The summed E-state index contributed by atoms with van der Waals surface area (Å²) in [6.45, 7) is 8.16. The van der Waals surface area contributed by atoms with Gasteiger partial charge >= 0.3 is 0 Å². The zero-order valence-corrected chi connectivity index (χ0v) is 17.6. The number of rotatable bonds is 12. The Balaban J connectivity index is 2.66. The summed E-state index contributed by atoms with van der Waals surface area (Å²) in [5.74, 6) is 2.21. The van der Waals surface area contributed by atoms with E-state index in [-0.39, 0.29) is 0 Å². The van der Waals surface area contributed by atoms with E-state index in [1.165, 1.54) is 0 Å². The zero-order chi connectivity index (χ0) is 20.1. The highest BCUT2D eigenvalue weighted by Crippen LogP contribution is 2.27. The van der Waals surface area contributed by atoms with Gasteiger partial charge in [-0.3, -0.25) is 4.99 Å². The van der Waals surface area contributed by atoms with Gasteiger partial charge in [0.15, 0.2) is 17.5 Å². The molecular weight excluding hydrogens is 342 g/mol. The lowest BCUT2D eigenvalue weighted by atomic mass is 9.93. The standard InChI is InChI=1S/C21H37N3O3/c1-6-12-21(25,13-7-2)16-24-20(22-8-3)23-14-11-17-9-10-18(26-4)19(15-17)27-5/h9-10,15,25H,6-8,11-14,16H2,1-5H3,(H2,22,23,24). The fourth-order valence-electron chi connectivity index (χ4n) is 3.14. The number of guanidine groups is 1. The molecule has 0 heterocycles. The van der Waals surface area contributed by atoms with Crippen LogP contribution in [0.4, 0.5) is 0 Å². The molecule has 154 valence electrons. The number of aliphatic imine (C=N–C) groups is 1. The molecule has 0 amide bonds. The Morgan fingerprint density at radius 3 is 2.26 bits per heavy atom. The van der Waals surface area contributed by atoms with Crippen molar-refractivity contribution in [1.82, 2.24) is 10.6 Å². The van der Waals surface area contributed by atoms with Crippen LogP contribution in [0.25, 0.3) is 0 Å². The fourth-order valence-corrected chi connectivity index (χ4v) is 3.14. The summed E-state index contributed by atoms with van der Waals surface area (Å²) >= 11 is 0. The first kappa shape index (κ1) is 23.1. The lowest BCUT2D eigenvalue weighted by Gasteiger charge is -2.26. The second kappa shape index (κ2) is 12.4. The van der Waals surface area contributed by atoms with E-state index in [0.717, 1.165) is 68.2 Å². The highest BCUT2D eigenvalue weighted by atomic mass is 16.5. The summed E-state index contributed by atoms with van der Waals surface area (Å²) in [5, 5.41) is 17.3. The van der Waals surface area contributed by atoms with Crippen LogP contribution in [0.15, 0.2) is 23.2 Å². The Morgan fingerprint density at radius 1 is 1.04 bits per heavy atom. The maximum absolute atomic E-state index is 10.8. The molecule has 0 atom stereocenters. The molecule has 1 aromatic carbocycles. The Morgan fingerprint density at radius 2 is 1.70 bits per heavy atom. The van der Waals surface area contributed by atoms with Gasteiger partial charge in [0.1, 0.15) is 0 Å². The van der Waals surface area contributed by atoms with Gasteiger partial charge < -0.3 is 25.2 Å². The predicted molar refractivity (Wildman–Crippen MR) is 112 cm³/mol. The molecule has 0 aliphatic heterocycles. The highest BCUT2D eigenvalue weighted by Gasteiger charge is 2.24. The van der Waals surface area contributed by atoms with E-state index in [1.807, 2.05) is 25.1 Å². The Kier molecular flexibility index (Phi) is 10.6. The van der Waals surface area contributed by atoms with Crippen LogP contribution in [0.3, 0.4) is 0 Å². The van der Waals surface area contributed by atoms with Crippen molar-refractivity contribution in [3.63, 3.8) is 0 Å². The van der Waals surface area contributed by atoms with E-state index in [4.69, 9.17) is 9.47 Å². The number of hydrogen-bond donors (Lipinski definition) is 3. The summed E-state index contributed by atoms with van der Waals surface area (Å²) in [6, 6.07) is 5.95. The van der Waals surface area contributed by atoms with Gasteiger partial charge in [0.2, 0.25) is 0 Å². The molecule has 0 radical (unpaired) electrons. The molecular formula is C21H37N3O3. The number of ether oxygens (including phenoxy) is 2. The third kappa shape index (κ3) is 8.08. The third-order valence-corrected chi connectivity index (χ3v) is 4.46. The van der Waals surface area contributed by atoms with E-state index in [9.17, 15) is 5.11 Å². The van der Waals surface area contributed by atoms with Gasteiger partial charge in [0, 0.05) is 13.1 Å². The molecule has 6 heteroatoms. The molecule has 0 aromatic heterocycles. The molecule has 0 fully saturated rings. The quantitative estimate of drug-likeness (QED) is 0.384. The largest absolute Gasteiger partial charge is 0.493 e. The number of hydrogen-bond acceptors (Lipinski definition) is 4. The average molecular weight is 380 g/mol. The molecule has 0 bridgehead atoms. The lowest BCUT2D eigenvalue weighted by Crippen LogP contribution is -2.40. The van der Waals surface area contributed by atoms with Crippen LogP contribution in [0.2, 0.25) is 0 Å². The first-order chi connectivity index (χ1) is 13.0. The van der Waals surface area contributed by atoms with E-state index in [2.05, 4.69) is 29.5 Å². The third-order valence-electron chi connectivity index (χ3n) is 4.46. The van der Waals surface area contributed by atoms with Crippen LogP contribution in [0.5, 0.6) is 11.5 Å². The lowest BCUT2D eigenvalue weighted by molar-refractivity contribution is 0.0306. The van der Waals surface area contributed by atoms with Crippen LogP contribution in [0.1, 0.15) is 52.0 Å². The molecule has 0 aliphatic carbocycles. The van der Waals surface area contributed by atoms with Crippen LogP contribution in [0, 0.1) is 0 Å². The summed E-state index contributed by atoms with van der Waals surface area (Å²) in [7, 11) is 3.28. The maximum atomic E-state index is 10.8. The Hall–Kier alpha value is -1.95. The van der Waals surface area contributed by atoms with Crippen LogP contribution in [-0.4, -0.2) is 50.5 Å². The van der Waals surface area contributed by atoms with Crippen molar-refractivity contribution in [2.75, 3.05) is 33.9 Å². The molecule has 0 saturated heterocycles. The second-order valence-electron chi connectivity index (χ2n) is 6.79. The van der Waals surface area contributed by atoms with Crippen molar-refractivity contribution in [2.24, 2.45) is 4.99 Å². The Labute approximate surface area is 164 Å². The minimum Gasteiger partial charge on any atom is -0.493 e. The summed E-state index contributed by atoms with van der Waals surface area (Å²) < 4.78 is 10.6. The number of aliphatic hydroxyl groups is 1. The fraction of sp³-hybridized carbons (Fsp3) is 0.667. The molecule has 1 aromatic rings. The van der Waals surface area contributed by atoms with Crippen molar-refractivity contribution in [1.29, 1.82) is 0 Å². The van der Waals surface area contributed by atoms with Crippen LogP contribution >= 0.6 is 0 Å². The summed E-state index contributed by atoms with van der Waals surface area (Å²) in [6.07, 6.45) is 4.29. The zero-order valence-electron chi connectivity index (χ0n) is 17.6. The van der Waals surface area contributed by atoms with Crippen LogP contribution < -0.4 is 20.1 Å². The van der Waals surface area contributed by atoms with Gasteiger partial charge in [0.25, 0.3) is 0 Å². The van der Waals surface area contributed by atoms with E-state index in [0.29, 0.717) is 6.54 Å². The summed E-state index contributed by atoms with van der Waals surface area (Å²) in [5.41, 5.74) is 0.444. The van der Waals surface area contributed by atoms with Crippen molar-refractivity contribution in [3.05, 3.63) is 23.8 Å². The normalized spacial score (nSPS) is 12.0. The van der Waals surface area contributed by atoms with Crippen molar-refractivity contribution in [2.45, 2.75) is 58.5 Å². The number of benzene rings is 1. The molecule has 6 nitrogen and oxygen atoms in total. The molecule has 1 rings (SSSR count). The highest BCUT2D eigenvalue weighted by molar-refractivity contribution is 5.79. The minimum atomic E-state index is -0.713. The molecule has 3 N–H and O–H groups in total. The number of methoxy groups -OCH3 is 2. The van der Waals surface area contributed by atoms with Gasteiger partial charge in [-0.2, -0.15) is 0 Å². The van der Waals surface area contributed by atoms with Gasteiger partial charge in [-0.1, -0.05) is 32.8 Å². The van der Waals surface area contributed by atoms with E-state index in [1.54, 1.807) is 14.2 Å². The van der Waals surface area contributed by atoms with Crippen LogP contribution in [-0.2, 0) is 6.42 Å². The predicted octanol–water partition coefficient (Wildman–Crippen LogP) is 3.13. The molecule has 0 spiro atoms. The van der Waals surface area contributed by atoms with Crippen molar-refractivity contribution < 1.29 is 14.6 Å². The SMILES string of the molecule is CCCC(O)(CCC)CN=C(NCC)NCCc1ccc(OC)c(OC)c1. The second-order valence-corrected chi connectivity index (χ2v) is 6.79. The van der Waals surface area contributed by atoms with E-state index >= 15 is 0 Å². The monoisotopic (exact) mass is 379 g/mol. The maximum Gasteiger partial charge on any atom is 0.191 e. The van der Waals surface area contributed by atoms with Crippen molar-refractivity contribution >= 4 is 5.96 Å². The number of nitrogens with zero attached hydrogens (tertiary/aromatic N) is 1. The van der Waals surface area contributed by atoms with Gasteiger partial charge in [0.05, 0.1) is 26.4 Å². The molecule has 27 heavy (non-hydrogen) atoms.